The highest BCUT2D eigenvalue weighted by Crippen LogP contribution is 2.76. The Labute approximate surface area is 362 Å². The maximum Gasteiger partial charge on any atom is 0.333 e. The molecule has 6 rings (SSSR count). The van der Waals surface area contributed by atoms with Gasteiger partial charge in [-0.05, 0) is 119 Å². The van der Waals surface area contributed by atoms with Gasteiger partial charge in [0.2, 0.25) is 0 Å². The van der Waals surface area contributed by atoms with Crippen molar-refractivity contribution < 1.29 is 63.6 Å². The molecule has 6 aliphatic rings. The Hall–Kier alpha value is -2.65. The first kappa shape index (κ1) is 47.8. The number of carbonyl (C=O) groups excluding carboxylic acids is 3. The second-order valence-corrected chi connectivity index (χ2v) is 21.2. The van der Waals surface area contributed by atoms with Crippen molar-refractivity contribution >= 4 is 17.9 Å². The van der Waals surface area contributed by atoms with Gasteiger partial charge in [-0.1, -0.05) is 65.3 Å². The molecule has 0 aromatic carbocycles. The molecule has 0 amide bonds. The third-order valence-corrected chi connectivity index (χ3v) is 17.8. The normalized spacial score (nSPS) is 47.1. The van der Waals surface area contributed by atoms with Crippen LogP contribution in [0.5, 0.6) is 0 Å². The zero-order valence-electron chi connectivity index (χ0n) is 38.5. The van der Waals surface area contributed by atoms with E-state index in [1.807, 2.05) is 20.8 Å². The van der Waals surface area contributed by atoms with Crippen molar-refractivity contribution in [3.8, 4) is 0 Å². The molecule has 344 valence electrons. The Morgan fingerprint density at radius 3 is 1.98 bits per heavy atom. The highest BCUT2D eigenvalue weighted by Gasteiger charge is 2.73. The predicted molar refractivity (Wildman–Crippen MR) is 225 cm³/mol. The van der Waals surface area contributed by atoms with Gasteiger partial charge in [0, 0.05) is 23.5 Å². The van der Waals surface area contributed by atoms with Crippen molar-refractivity contribution in [2.75, 3.05) is 13.2 Å². The zero-order chi connectivity index (χ0) is 45.4. The SMILES string of the molecule is C/C=C(/C)C(=O)O[C@@H]1[C@@H](O)[C@H](O[C@H]2[C@H](O)[C@]3(CO)[C@H](OC(C)=O)C[C@]4(C)C(=CC[C@@H]5[C@@]6(C)CC[C@H](O)[C@](C)(CO)[C@@H]6CC[C@]54C)[C@@H]3CC2(C)C)O[C@H](C)[C@@H]1OC(=O)/C(C)=C\C. The van der Waals surface area contributed by atoms with Gasteiger partial charge >= 0.3 is 17.9 Å². The summed E-state index contributed by atoms with van der Waals surface area (Å²) < 4.78 is 30.8. The number of aliphatic hydroxyl groups excluding tert-OH is 5. The number of ether oxygens (including phenoxy) is 5. The van der Waals surface area contributed by atoms with Crippen LogP contribution in [0.4, 0.5) is 0 Å². The van der Waals surface area contributed by atoms with Crippen LogP contribution < -0.4 is 0 Å². The third kappa shape index (κ3) is 7.28. The number of hydrogen-bond donors (Lipinski definition) is 5. The Balaban J connectivity index is 1.38. The van der Waals surface area contributed by atoms with E-state index < -0.39 is 107 Å². The van der Waals surface area contributed by atoms with Crippen molar-refractivity contribution in [3.63, 3.8) is 0 Å². The molecule has 5 aliphatic carbocycles. The summed E-state index contributed by atoms with van der Waals surface area (Å²) in [6, 6.07) is 0. The second-order valence-electron chi connectivity index (χ2n) is 21.2. The topological polar surface area (TPSA) is 199 Å². The van der Waals surface area contributed by atoms with Gasteiger partial charge in [-0.15, -0.1) is 0 Å². The van der Waals surface area contributed by atoms with Gasteiger partial charge in [-0.25, -0.2) is 9.59 Å². The lowest BCUT2D eigenvalue weighted by Crippen LogP contribution is -2.73. The number of hydrogen-bond acceptors (Lipinski definition) is 13. The highest BCUT2D eigenvalue weighted by atomic mass is 16.7. The van der Waals surface area contributed by atoms with Crippen LogP contribution in [0.1, 0.15) is 128 Å². The van der Waals surface area contributed by atoms with E-state index in [1.54, 1.807) is 46.8 Å². The van der Waals surface area contributed by atoms with Gasteiger partial charge in [0.05, 0.1) is 43.0 Å². The summed E-state index contributed by atoms with van der Waals surface area (Å²) in [7, 11) is 0. The summed E-state index contributed by atoms with van der Waals surface area (Å²) in [6.45, 7) is 21.8. The van der Waals surface area contributed by atoms with Crippen molar-refractivity contribution in [3.05, 3.63) is 34.9 Å². The molecular formula is C48H74O13. The fraction of sp³-hybridized carbons (Fsp3) is 0.812. The van der Waals surface area contributed by atoms with E-state index in [2.05, 4.69) is 26.8 Å². The summed E-state index contributed by atoms with van der Waals surface area (Å²) in [5.74, 6) is -2.06. The third-order valence-electron chi connectivity index (χ3n) is 17.8. The van der Waals surface area contributed by atoms with Crippen LogP contribution in [-0.2, 0) is 38.1 Å². The van der Waals surface area contributed by atoms with E-state index in [0.717, 1.165) is 31.3 Å². The number of rotatable bonds is 9. The van der Waals surface area contributed by atoms with Gasteiger partial charge in [0.1, 0.15) is 12.2 Å². The number of esters is 3. The summed E-state index contributed by atoms with van der Waals surface area (Å²) in [6.07, 6.45) is -0.629. The van der Waals surface area contributed by atoms with E-state index in [9.17, 15) is 39.9 Å². The Kier molecular flexibility index (Phi) is 13.1. The van der Waals surface area contributed by atoms with Gasteiger partial charge in [0.25, 0.3) is 0 Å². The molecule has 0 aromatic heterocycles. The van der Waals surface area contributed by atoms with Crippen LogP contribution in [-0.4, -0.2) is 112 Å². The first-order chi connectivity index (χ1) is 28.4. The number of carbonyl (C=O) groups is 3. The molecule has 4 saturated carbocycles. The summed E-state index contributed by atoms with van der Waals surface area (Å²) >= 11 is 0. The maximum absolute atomic E-state index is 13.2. The van der Waals surface area contributed by atoms with E-state index in [1.165, 1.54) is 6.92 Å². The smallest absolute Gasteiger partial charge is 0.333 e. The standard InChI is InChI=1S/C48H74O13/c1-13-25(3)40(55)59-36-27(5)57-42(35(53)37(36)60-41(56)26(4)14-2)61-39-38(54)48(24-50)30(21-43(39,7)8)29-15-16-32-44(9)19-18-33(52)45(10,23-49)31(44)17-20-46(32,11)47(29,12)22-34(48)58-28(6)51/h13-15,27,30-39,42,49-50,52-54H,16-24H2,1-12H3/b25-13-,26-14-/t27-,30+,31-,32-,33+,34-,35-,36+,37-,38+,39+,42+,44+,45-,46-,47-,48+/m1/s1. The Morgan fingerprint density at radius 1 is 0.820 bits per heavy atom. The minimum Gasteiger partial charge on any atom is -0.462 e. The molecule has 0 bridgehead atoms. The second kappa shape index (κ2) is 16.7. The quantitative estimate of drug-likeness (QED) is 0.0643. The van der Waals surface area contributed by atoms with Crippen molar-refractivity contribution in [2.45, 2.75) is 183 Å². The minimum atomic E-state index is -1.67. The summed E-state index contributed by atoms with van der Waals surface area (Å²) in [5, 5.41) is 58.5. The minimum absolute atomic E-state index is 0.0875. The predicted octanol–water partition coefficient (Wildman–Crippen LogP) is 5.48. The van der Waals surface area contributed by atoms with Crippen LogP contribution in [0.3, 0.4) is 0 Å². The molecule has 5 fully saturated rings. The molecule has 0 aromatic rings. The van der Waals surface area contributed by atoms with Gasteiger partial charge in [0.15, 0.2) is 18.5 Å². The molecule has 17 atom stereocenters. The molecule has 13 nitrogen and oxygen atoms in total. The van der Waals surface area contributed by atoms with Crippen LogP contribution in [0.15, 0.2) is 34.9 Å². The number of allylic oxidation sites excluding steroid dienone is 4. The fourth-order valence-corrected chi connectivity index (χ4v) is 13.7. The van der Waals surface area contributed by atoms with Gasteiger partial charge in [-0.3, -0.25) is 4.79 Å². The molecule has 5 N–H and O–H groups in total. The first-order valence-electron chi connectivity index (χ1n) is 22.5. The lowest BCUT2D eigenvalue weighted by atomic mass is 9.33. The molecule has 1 heterocycles. The zero-order valence-corrected chi connectivity index (χ0v) is 38.5. The largest absolute Gasteiger partial charge is 0.462 e. The molecule has 0 radical (unpaired) electrons. The molecule has 61 heavy (non-hydrogen) atoms. The van der Waals surface area contributed by atoms with Crippen molar-refractivity contribution in [1.29, 1.82) is 0 Å². The molecule has 1 aliphatic heterocycles. The fourth-order valence-electron chi connectivity index (χ4n) is 13.7. The van der Waals surface area contributed by atoms with Crippen LogP contribution in [0, 0.1) is 50.2 Å². The average Bonchev–Trinajstić information content (AvgIpc) is 3.20. The van der Waals surface area contributed by atoms with Crippen molar-refractivity contribution in [1.82, 2.24) is 0 Å². The molecule has 0 spiro atoms. The number of fused-ring (bicyclic) bond motifs is 7. The summed E-state index contributed by atoms with van der Waals surface area (Å²) in [5.41, 5.74) is -2.11. The Bertz CT molecular complexity index is 1800. The molecular weight excluding hydrogens is 785 g/mol. The van der Waals surface area contributed by atoms with E-state index in [4.69, 9.17) is 23.7 Å². The van der Waals surface area contributed by atoms with Gasteiger partial charge in [-0.2, -0.15) is 0 Å². The molecule has 13 heteroatoms. The average molecular weight is 859 g/mol. The van der Waals surface area contributed by atoms with Gasteiger partial charge < -0.3 is 49.2 Å². The Morgan fingerprint density at radius 2 is 1.43 bits per heavy atom. The van der Waals surface area contributed by atoms with Crippen LogP contribution in [0.2, 0.25) is 0 Å². The monoisotopic (exact) mass is 859 g/mol. The maximum atomic E-state index is 13.2. The highest BCUT2D eigenvalue weighted by molar-refractivity contribution is 5.88. The van der Waals surface area contributed by atoms with E-state index >= 15 is 0 Å². The van der Waals surface area contributed by atoms with Crippen LogP contribution in [0.25, 0.3) is 0 Å². The lowest BCUT2D eigenvalue weighted by molar-refractivity contribution is -0.342. The van der Waals surface area contributed by atoms with E-state index in [-0.39, 0.29) is 34.8 Å². The van der Waals surface area contributed by atoms with Crippen LogP contribution >= 0.6 is 0 Å². The van der Waals surface area contributed by atoms with Crippen molar-refractivity contribution in [2.24, 2.45) is 50.2 Å². The lowest BCUT2D eigenvalue weighted by Gasteiger charge is -2.72. The molecule has 1 saturated heterocycles. The molecule has 0 unspecified atom stereocenters. The summed E-state index contributed by atoms with van der Waals surface area (Å²) in [4.78, 5) is 39.2. The van der Waals surface area contributed by atoms with E-state index in [0.29, 0.717) is 24.8 Å². The first-order valence-corrected chi connectivity index (χ1v) is 22.5. The number of aliphatic hydroxyl groups is 5.